The quantitative estimate of drug-likeness (QED) is 0.858. The van der Waals surface area contributed by atoms with E-state index in [9.17, 15) is 5.11 Å². The van der Waals surface area contributed by atoms with Crippen LogP contribution in [0.25, 0.3) is 0 Å². The van der Waals surface area contributed by atoms with Crippen LogP contribution < -0.4 is 0 Å². The molecule has 0 aromatic carbocycles. The van der Waals surface area contributed by atoms with Crippen molar-refractivity contribution in [3.63, 3.8) is 0 Å². The molecule has 2 rings (SSSR count). The molecule has 0 aliphatic carbocycles. The van der Waals surface area contributed by atoms with Gasteiger partial charge in [-0.2, -0.15) is 0 Å². The summed E-state index contributed by atoms with van der Waals surface area (Å²) < 4.78 is 11.8. The standard InChI is InChI=1S/C16H31NO3/c1-6-19-12-7-9-17(10-8-12)11-13-14(18)16(4,5)20-15(13,2)3/h12-14,18H,6-11H2,1-5H3. The van der Waals surface area contributed by atoms with Gasteiger partial charge in [-0.05, 0) is 47.5 Å². The second-order valence-corrected chi connectivity index (χ2v) is 7.32. The second-order valence-electron chi connectivity index (χ2n) is 7.32. The molecule has 2 heterocycles. The van der Waals surface area contributed by atoms with Gasteiger partial charge in [-0.3, -0.25) is 0 Å². The van der Waals surface area contributed by atoms with Crippen LogP contribution in [0.3, 0.4) is 0 Å². The maximum absolute atomic E-state index is 10.5. The van der Waals surface area contributed by atoms with Gasteiger partial charge in [0, 0.05) is 32.2 Å². The molecule has 0 aromatic heterocycles. The van der Waals surface area contributed by atoms with Crippen molar-refractivity contribution in [2.45, 2.75) is 70.9 Å². The summed E-state index contributed by atoms with van der Waals surface area (Å²) >= 11 is 0. The molecule has 2 aliphatic heterocycles. The normalized spacial score (nSPS) is 34.5. The number of rotatable bonds is 4. The van der Waals surface area contributed by atoms with E-state index in [0.717, 1.165) is 39.1 Å². The van der Waals surface area contributed by atoms with Gasteiger partial charge in [0.2, 0.25) is 0 Å². The number of likely N-dealkylation sites (tertiary alicyclic amines) is 1. The molecule has 2 saturated heterocycles. The molecular formula is C16H31NO3. The van der Waals surface area contributed by atoms with E-state index in [4.69, 9.17) is 9.47 Å². The average molecular weight is 285 g/mol. The topological polar surface area (TPSA) is 41.9 Å². The third kappa shape index (κ3) is 3.35. The molecule has 2 aliphatic rings. The lowest BCUT2D eigenvalue weighted by Gasteiger charge is -2.36. The molecule has 2 unspecified atom stereocenters. The molecule has 0 amide bonds. The SMILES string of the molecule is CCOC1CCN(CC2C(O)C(C)(C)OC2(C)C)CC1. The van der Waals surface area contributed by atoms with Crippen molar-refractivity contribution in [3.05, 3.63) is 0 Å². The van der Waals surface area contributed by atoms with E-state index in [1.807, 2.05) is 13.8 Å². The van der Waals surface area contributed by atoms with Crippen LogP contribution in [0.5, 0.6) is 0 Å². The first-order valence-corrected chi connectivity index (χ1v) is 7.98. The lowest BCUT2D eigenvalue weighted by Crippen LogP contribution is -2.46. The zero-order chi connectivity index (χ0) is 15.0. The molecule has 4 heteroatoms. The Morgan fingerprint density at radius 3 is 2.20 bits per heavy atom. The maximum Gasteiger partial charge on any atom is 0.0896 e. The minimum Gasteiger partial charge on any atom is -0.390 e. The number of aliphatic hydroxyl groups is 1. The van der Waals surface area contributed by atoms with Crippen LogP contribution in [-0.4, -0.2) is 59.7 Å². The predicted octanol–water partition coefficient (Wildman–Crippen LogP) is 2.05. The zero-order valence-corrected chi connectivity index (χ0v) is 13.7. The van der Waals surface area contributed by atoms with E-state index >= 15 is 0 Å². The predicted molar refractivity (Wildman–Crippen MR) is 79.8 cm³/mol. The van der Waals surface area contributed by atoms with Gasteiger partial charge in [0.05, 0.1) is 23.4 Å². The Labute approximate surface area is 123 Å². The first kappa shape index (κ1) is 16.2. The summed E-state index contributed by atoms with van der Waals surface area (Å²) in [7, 11) is 0. The summed E-state index contributed by atoms with van der Waals surface area (Å²) in [6.07, 6.45) is 2.22. The fourth-order valence-corrected chi connectivity index (χ4v) is 3.77. The van der Waals surface area contributed by atoms with Crippen LogP contribution in [0, 0.1) is 5.92 Å². The highest BCUT2D eigenvalue weighted by Gasteiger charge is 2.53. The maximum atomic E-state index is 10.5. The largest absolute Gasteiger partial charge is 0.390 e. The van der Waals surface area contributed by atoms with E-state index in [1.165, 1.54) is 0 Å². The van der Waals surface area contributed by atoms with Crippen molar-refractivity contribution in [3.8, 4) is 0 Å². The molecule has 0 bridgehead atoms. The highest BCUT2D eigenvalue weighted by Crippen LogP contribution is 2.42. The fourth-order valence-electron chi connectivity index (χ4n) is 3.77. The third-order valence-electron chi connectivity index (χ3n) is 4.90. The summed E-state index contributed by atoms with van der Waals surface area (Å²) in [6, 6.07) is 0. The number of aliphatic hydroxyl groups excluding tert-OH is 1. The van der Waals surface area contributed by atoms with Crippen LogP contribution in [0.2, 0.25) is 0 Å². The monoisotopic (exact) mass is 285 g/mol. The number of hydrogen-bond donors (Lipinski definition) is 1. The van der Waals surface area contributed by atoms with Crippen molar-refractivity contribution >= 4 is 0 Å². The van der Waals surface area contributed by atoms with Gasteiger partial charge in [-0.15, -0.1) is 0 Å². The summed E-state index contributed by atoms with van der Waals surface area (Å²) in [4.78, 5) is 2.45. The molecule has 2 fully saturated rings. The van der Waals surface area contributed by atoms with Crippen molar-refractivity contribution in [2.75, 3.05) is 26.2 Å². The molecule has 1 N–H and O–H groups in total. The van der Waals surface area contributed by atoms with E-state index in [2.05, 4.69) is 25.7 Å². The molecule has 0 saturated carbocycles. The lowest BCUT2D eigenvalue weighted by molar-refractivity contribution is -0.0916. The summed E-state index contributed by atoms with van der Waals surface area (Å²) in [5, 5.41) is 10.5. The molecular weight excluding hydrogens is 254 g/mol. The van der Waals surface area contributed by atoms with Crippen LogP contribution in [0.15, 0.2) is 0 Å². The van der Waals surface area contributed by atoms with Gasteiger partial charge in [0.15, 0.2) is 0 Å². The first-order valence-electron chi connectivity index (χ1n) is 7.98. The smallest absolute Gasteiger partial charge is 0.0896 e. The molecule has 2 atom stereocenters. The van der Waals surface area contributed by atoms with Crippen LogP contribution in [0.4, 0.5) is 0 Å². The second kappa shape index (κ2) is 5.91. The molecule has 0 spiro atoms. The van der Waals surface area contributed by atoms with E-state index in [1.54, 1.807) is 0 Å². The van der Waals surface area contributed by atoms with E-state index < -0.39 is 11.7 Å². The number of piperidine rings is 1. The highest BCUT2D eigenvalue weighted by atomic mass is 16.5. The van der Waals surface area contributed by atoms with Crippen molar-refractivity contribution in [1.82, 2.24) is 4.90 Å². The van der Waals surface area contributed by atoms with Gasteiger partial charge in [-0.1, -0.05) is 0 Å². The van der Waals surface area contributed by atoms with E-state index in [-0.39, 0.29) is 11.5 Å². The summed E-state index contributed by atoms with van der Waals surface area (Å²) in [5.41, 5.74) is -0.711. The Bertz CT molecular complexity index is 322. The van der Waals surface area contributed by atoms with Crippen molar-refractivity contribution in [1.29, 1.82) is 0 Å². The van der Waals surface area contributed by atoms with Crippen molar-refractivity contribution in [2.24, 2.45) is 5.92 Å². The molecule has 0 aromatic rings. The number of ether oxygens (including phenoxy) is 2. The minimum atomic E-state index is -0.447. The Morgan fingerprint density at radius 1 is 1.15 bits per heavy atom. The van der Waals surface area contributed by atoms with Gasteiger partial charge < -0.3 is 19.5 Å². The summed E-state index contributed by atoms with van der Waals surface area (Å²) in [5.74, 6) is 0.168. The van der Waals surface area contributed by atoms with Gasteiger partial charge >= 0.3 is 0 Å². The van der Waals surface area contributed by atoms with Crippen LogP contribution >= 0.6 is 0 Å². The lowest BCUT2D eigenvalue weighted by atomic mass is 9.84. The Morgan fingerprint density at radius 2 is 1.75 bits per heavy atom. The van der Waals surface area contributed by atoms with Crippen LogP contribution in [-0.2, 0) is 9.47 Å². The zero-order valence-electron chi connectivity index (χ0n) is 13.7. The molecule has 118 valence electrons. The number of nitrogens with zero attached hydrogens (tertiary/aromatic N) is 1. The van der Waals surface area contributed by atoms with Gasteiger partial charge in [-0.25, -0.2) is 0 Å². The van der Waals surface area contributed by atoms with Gasteiger partial charge in [0.25, 0.3) is 0 Å². The van der Waals surface area contributed by atoms with Gasteiger partial charge in [0.1, 0.15) is 0 Å². The van der Waals surface area contributed by atoms with Crippen molar-refractivity contribution < 1.29 is 14.6 Å². The first-order chi connectivity index (χ1) is 9.26. The Kier molecular flexibility index (Phi) is 4.80. The highest BCUT2D eigenvalue weighted by molar-refractivity contribution is 5.02. The minimum absolute atomic E-state index is 0.168. The molecule has 0 radical (unpaired) electrons. The molecule has 20 heavy (non-hydrogen) atoms. The summed E-state index contributed by atoms with van der Waals surface area (Å²) in [6.45, 7) is 14.1. The number of hydrogen-bond acceptors (Lipinski definition) is 4. The average Bonchev–Trinajstić information content (AvgIpc) is 2.50. The Balaban J connectivity index is 1.91. The molecule has 4 nitrogen and oxygen atoms in total. The van der Waals surface area contributed by atoms with E-state index in [0.29, 0.717) is 6.10 Å². The third-order valence-corrected chi connectivity index (χ3v) is 4.90. The Hall–Kier alpha value is -0.160. The fraction of sp³-hybridized carbons (Fsp3) is 1.00. The van der Waals surface area contributed by atoms with Crippen LogP contribution in [0.1, 0.15) is 47.5 Å².